The molecule has 2 rings (SSSR count). The summed E-state index contributed by atoms with van der Waals surface area (Å²) in [5.74, 6) is -3.75. The normalized spacial score (nSPS) is 15.9. The summed E-state index contributed by atoms with van der Waals surface area (Å²) in [6.07, 6.45) is 1.43. The van der Waals surface area contributed by atoms with Crippen molar-refractivity contribution in [2.24, 2.45) is 11.7 Å². The first-order chi connectivity index (χ1) is 9.02. The molecule has 0 aliphatic carbocycles. The van der Waals surface area contributed by atoms with E-state index < -0.39 is 28.9 Å². The van der Waals surface area contributed by atoms with E-state index in [1.54, 1.807) is 0 Å². The number of nitrogens with zero attached hydrogens (tertiary/aromatic N) is 1. The number of benzene rings is 1. The number of piperidine rings is 1. The van der Waals surface area contributed by atoms with Gasteiger partial charge in [-0.3, -0.25) is 4.79 Å². The van der Waals surface area contributed by atoms with Crippen molar-refractivity contribution in [3.05, 3.63) is 35.1 Å². The first-order valence-electron chi connectivity index (χ1n) is 6.16. The number of hydrogen-bond acceptors (Lipinski definition) is 2. The molecule has 0 radical (unpaired) electrons. The zero-order valence-corrected chi connectivity index (χ0v) is 11.6. The molecule has 1 amide bonds. The number of nitrogens with two attached hydrogens (primary N) is 1. The zero-order chi connectivity index (χ0) is 14.0. The number of carbonyl (C=O) groups is 1. The minimum Gasteiger partial charge on any atom is -0.338 e. The molecule has 1 fully saturated rings. The molecule has 0 saturated carbocycles. The number of amides is 1. The minimum absolute atomic E-state index is 0. The van der Waals surface area contributed by atoms with E-state index in [0.29, 0.717) is 50.5 Å². The van der Waals surface area contributed by atoms with E-state index >= 15 is 0 Å². The van der Waals surface area contributed by atoms with Crippen LogP contribution in [-0.4, -0.2) is 30.4 Å². The van der Waals surface area contributed by atoms with Crippen LogP contribution in [0.2, 0.25) is 0 Å². The molecular weight excluding hydrogens is 293 g/mol. The van der Waals surface area contributed by atoms with Crippen molar-refractivity contribution < 1.29 is 18.0 Å². The van der Waals surface area contributed by atoms with Gasteiger partial charge in [-0.2, -0.15) is 0 Å². The maximum absolute atomic E-state index is 13.5. The summed E-state index contributed by atoms with van der Waals surface area (Å²) in [4.78, 5) is 13.4. The summed E-state index contributed by atoms with van der Waals surface area (Å²) in [7, 11) is 0. The van der Waals surface area contributed by atoms with Gasteiger partial charge in [0.25, 0.3) is 5.91 Å². The van der Waals surface area contributed by atoms with Gasteiger partial charge in [-0.25, -0.2) is 13.2 Å². The Bertz CT molecular complexity index is 467. The fourth-order valence-corrected chi connectivity index (χ4v) is 2.28. The van der Waals surface area contributed by atoms with Gasteiger partial charge >= 0.3 is 0 Å². The predicted molar refractivity (Wildman–Crippen MR) is 71.2 cm³/mol. The standard InChI is InChI=1S/C13H15F3N2O.ClH/c14-9-5-10(15)12(11(16)6-9)13(19)18-3-1-8(7-17)2-4-18;/h5-6,8H,1-4,7,17H2;1H. The van der Waals surface area contributed by atoms with Gasteiger partial charge in [0.2, 0.25) is 0 Å². The van der Waals surface area contributed by atoms with Crippen LogP contribution in [0.3, 0.4) is 0 Å². The molecule has 3 nitrogen and oxygen atoms in total. The molecule has 1 aliphatic rings. The quantitative estimate of drug-likeness (QED) is 0.911. The van der Waals surface area contributed by atoms with Gasteiger partial charge in [0.15, 0.2) is 0 Å². The van der Waals surface area contributed by atoms with Gasteiger partial charge in [-0.15, -0.1) is 12.4 Å². The van der Waals surface area contributed by atoms with Gasteiger partial charge in [-0.1, -0.05) is 0 Å². The van der Waals surface area contributed by atoms with E-state index in [1.165, 1.54) is 4.90 Å². The summed E-state index contributed by atoms with van der Waals surface area (Å²) >= 11 is 0. The van der Waals surface area contributed by atoms with Crippen LogP contribution in [0.15, 0.2) is 12.1 Å². The Morgan fingerprint density at radius 2 is 1.70 bits per heavy atom. The fraction of sp³-hybridized carbons (Fsp3) is 0.462. The van der Waals surface area contributed by atoms with Crippen LogP contribution in [0.1, 0.15) is 23.2 Å². The highest BCUT2D eigenvalue weighted by molar-refractivity contribution is 5.94. The molecule has 7 heteroatoms. The molecule has 1 aromatic carbocycles. The summed E-state index contributed by atoms with van der Waals surface area (Å²) in [6, 6.07) is 1.03. The number of rotatable bonds is 2. The third-order valence-corrected chi connectivity index (χ3v) is 3.46. The Kier molecular flexibility index (Phi) is 5.83. The van der Waals surface area contributed by atoms with Crippen molar-refractivity contribution in [3.8, 4) is 0 Å². The van der Waals surface area contributed by atoms with E-state index in [-0.39, 0.29) is 12.4 Å². The fourth-order valence-electron chi connectivity index (χ4n) is 2.28. The lowest BCUT2D eigenvalue weighted by atomic mass is 9.96. The monoisotopic (exact) mass is 308 g/mol. The molecule has 20 heavy (non-hydrogen) atoms. The van der Waals surface area contributed by atoms with Crippen molar-refractivity contribution in [3.63, 3.8) is 0 Å². The van der Waals surface area contributed by atoms with Crippen LogP contribution in [0.4, 0.5) is 13.2 Å². The Hall–Kier alpha value is -1.27. The predicted octanol–water partition coefficient (Wildman–Crippen LogP) is 2.34. The highest BCUT2D eigenvalue weighted by atomic mass is 35.5. The van der Waals surface area contributed by atoms with Gasteiger partial charge in [-0.05, 0) is 25.3 Å². The Labute approximate surface area is 121 Å². The van der Waals surface area contributed by atoms with Gasteiger partial charge in [0, 0.05) is 25.2 Å². The molecule has 112 valence electrons. The highest BCUT2D eigenvalue weighted by Crippen LogP contribution is 2.21. The van der Waals surface area contributed by atoms with E-state index in [1.807, 2.05) is 0 Å². The van der Waals surface area contributed by atoms with E-state index in [0.717, 1.165) is 0 Å². The van der Waals surface area contributed by atoms with E-state index in [2.05, 4.69) is 0 Å². The second-order valence-corrected chi connectivity index (χ2v) is 4.72. The van der Waals surface area contributed by atoms with Gasteiger partial charge < -0.3 is 10.6 Å². The Morgan fingerprint density at radius 3 is 2.15 bits per heavy atom. The van der Waals surface area contributed by atoms with Crippen molar-refractivity contribution >= 4 is 18.3 Å². The van der Waals surface area contributed by atoms with E-state index in [4.69, 9.17) is 5.73 Å². The largest absolute Gasteiger partial charge is 0.338 e. The van der Waals surface area contributed by atoms with Crippen LogP contribution < -0.4 is 5.73 Å². The van der Waals surface area contributed by atoms with E-state index in [9.17, 15) is 18.0 Å². The first kappa shape index (κ1) is 16.8. The molecule has 1 aromatic rings. The average molecular weight is 309 g/mol. The first-order valence-corrected chi connectivity index (χ1v) is 6.16. The number of likely N-dealkylation sites (tertiary alicyclic amines) is 1. The van der Waals surface area contributed by atoms with Crippen LogP contribution in [0.25, 0.3) is 0 Å². The number of halogens is 4. The minimum atomic E-state index is -1.16. The zero-order valence-electron chi connectivity index (χ0n) is 10.7. The second-order valence-electron chi connectivity index (χ2n) is 4.72. The second kappa shape index (κ2) is 6.95. The third kappa shape index (κ3) is 3.43. The molecule has 1 saturated heterocycles. The summed E-state index contributed by atoms with van der Waals surface area (Å²) in [5.41, 5.74) is 4.85. The molecular formula is C13H16ClF3N2O. The third-order valence-electron chi connectivity index (χ3n) is 3.46. The van der Waals surface area contributed by atoms with Gasteiger partial charge in [0.05, 0.1) is 0 Å². The molecule has 0 unspecified atom stereocenters. The Morgan fingerprint density at radius 1 is 1.20 bits per heavy atom. The topological polar surface area (TPSA) is 46.3 Å². The Balaban J connectivity index is 0.00000200. The highest BCUT2D eigenvalue weighted by Gasteiger charge is 2.27. The average Bonchev–Trinajstić information content (AvgIpc) is 2.37. The van der Waals surface area contributed by atoms with Crippen molar-refractivity contribution in [1.29, 1.82) is 0 Å². The molecule has 0 atom stereocenters. The summed E-state index contributed by atoms with van der Waals surface area (Å²) in [6.45, 7) is 1.37. The SMILES string of the molecule is Cl.NCC1CCN(C(=O)c2c(F)cc(F)cc2F)CC1. The van der Waals surface area contributed by atoms with Crippen molar-refractivity contribution in [2.75, 3.05) is 19.6 Å². The van der Waals surface area contributed by atoms with Crippen molar-refractivity contribution in [2.45, 2.75) is 12.8 Å². The van der Waals surface area contributed by atoms with Crippen LogP contribution in [-0.2, 0) is 0 Å². The maximum atomic E-state index is 13.5. The lowest BCUT2D eigenvalue weighted by Gasteiger charge is -2.31. The number of hydrogen-bond donors (Lipinski definition) is 1. The molecule has 0 bridgehead atoms. The molecule has 1 heterocycles. The maximum Gasteiger partial charge on any atom is 0.259 e. The molecule has 2 N–H and O–H groups in total. The van der Waals surface area contributed by atoms with Crippen molar-refractivity contribution in [1.82, 2.24) is 4.90 Å². The summed E-state index contributed by atoms with van der Waals surface area (Å²) < 4.78 is 39.8. The molecule has 0 spiro atoms. The molecule has 1 aliphatic heterocycles. The van der Waals surface area contributed by atoms with Crippen LogP contribution in [0.5, 0.6) is 0 Å². The van der Waals surface area contributed by atoms with Crippen LogP contribution in [0, 0.1) is 23.4 Å². The summed E-state index contributed by atoms with van der Waals surface area (Å²) in [5, 5.41) is 0. The number of carbonyl (C=O) groups excluding carboxylic acids is 1. The van der Waals surface area contributed by atoms with Gasteiger partial charge in [0.1, 0.15) is 23.0 Å². The van der Waals surface area contributed by atoms with Crippen LogP contribution >= 0.6 is 12.4 Å². The lowest BCUT2D eigenvalue weighted by Crippen LogP contribution is -2.40. The smallest absolute Gasteiger partial charge is 0.259 e. The lowest BCUT2D eigenvalue weighted by molar-refractivity contribution is 0.0683. The molecule has 0 aromatic heterocycles.